The molecule has 0 spiro atoms. The van der Waals surface area contributed by atoms with E-state index in [2.05, 4.69) is 16.4 Å². The zero-order valence-corrected chi connectivity index (χ0v) is 17.7. The SMILES string of the molecule is Cc1[nH]c2ccccc2c1CCNC(=O)c1ccc(S(=O)(=O)N2CCOCC2)cc1. The van der Waals surface area contributed by atoms with Crippen molar-refractivity contribution in [1.82, 2.24) is 14.6 Å². The number of carbonyl (C=O) groups excluding carboxylic acids is 1. The van der Waals surface area contributed by atoms with Gasteiger partial charge in [-0.1, -0.05) is 18.2 Å². The molecule has 0 unspecified atom stereocenters. The van der Waals surface area contributed by atoms with Crippen molar-refractivity contribution in [3.63, 3.8) is 0 Å². The van der Waals surface area contributed by atoms with E-state index < -0.39 is 10.0 Å². The molecule has 2 heterocycles. The van der Waals surface area contributed by atoms with E-state index in [9.17, 15) is 13.2 Å². The number of carbonyl (C=O) groups is 1. The molecule has 4 rings (SSSR count). The van der Waals surface area contributed by atoms with Crippen LogP contribution in [0.4, 0.5) is 0 Å². The van der Waals surface area contributed by atoms with Gasteiger partial charge in [0, 0.05) is 41.8 Å². The summed E-state index contributed by atoms with van der Waals surface area (Å²) in [5.74, 6) is -0.220. The van der Waals surface area contributed by atoms with E-state index in [1.165, 1.54) is 27.4 Å². The minimum absolute atomic E-state index is 0.190. The van der Waals surface area contributed by atoms with Gasteiger partial charge in [0.2, 0.25) is 10.0 Å². The zero-order valence-electron chi connectivity index (χ0n) is 16.8. The van der Waals surface area contributed by atoms with Crippen molar-refractivity contribution in [2.45, 2.75) is 18.2 Å². The predicted molar refractivity (Wildman–Crippen MR) is 115 cm³/mol. The van der Waals surface area contributed by atoms with Crippen LogP contribution >= 0.6 is 0 Å². The van der Waals surface area contributed by atoms with Gasteiger partial charge in [-0.25, -0.2) is 8.42 Å². The molecule has 1 aromatic heterocycles. The number of benzene rings is 2. The highest BCUT2D eigenvalue weighted by molar-refractivity contribution is 7.89. The van der Waals surface area contributed by atoms with E-state index in [-0.39, 0.29) is 10.8 Å². The molecule has 8 heteroatoms. The molecule has 0 radical (unpaired) electrons. The van der Waals surface area contributed by atoms with Crippen molar-refractivity contribution < 1.29 is 17.9 Å². The number of morpholine rings is 1. The lowest BCUT2D eigenvalue weighted by atomic mass is 10.1. The number of hydrogen-bond acceptors (Lipinski definition) is 4. The molecule has 1 amide bonds. The first-order valence-corrected chi connectivity index (χ1v) is 11.4. The second kappa shape index (κ2) is 8.59. The Morgan fingerprint density at radius 1 is 1.10 bits per heavy atom. The van der Waals surface area contributed by atoms with Gasteiger partial charge < -0.3 is 15.0 Å². The van der Waals surface area contributed by atoms with E-state index in [4.69, 9.17) is 4.74 Å². The molecular formula is C22H25N3O4S. The lowest BCUT2D eigenvalue weighted by Crippen LogP contribution is -2.40. The Labute approximate surface area is 176 Å². The van der Waals surface area contributed by atoms with Crippen LogP contribution in [0.2, 0.25) is 0 Å². The predicted octanol–water partition coefficient (Wildman–Crippen LogP) is 2.47. The van der Waals surface area contributed by atoms with Crippen LogP contribution in [0.5, 0.6) is 0 Å². The number of para-hydroxylation sites is 1. The van der Waals surface area contributed by atoms with Gasteiger partial charge in [-0.2, -0.15) is 4.31 Å². The van der Waals surface area contributed by atoms with Gasteiger partial charge in [-0.3, -0.25) is 4.79 Å². The van der Waals surface area contributed by atoms with Crippen LogP contribution in [0.1, 0.15) is 21.6 Å². The first kappa shape index (κ1) is 20.6. The molecule has 3 aromatic rings. The number of nitrogens with zero attached hydrogens (tertiary/aromatic N) is 1. The fourth-order valence-corrected chi connectivity index (χ4v) is 5.18. The molecule has 0 atom stereocenters. The van der Waals surface area contributed by atoms with Gasteiger partial charge in [0.05, 0.1) is 18.1 Å². The third-order valence-corrected chi connectivity index (χ3v) is 7.32. The van der Waals surface area contributed by atoms with Crippen molar-refractivity contribution >= 4 is 26.8 Å². The van der Waals surface area contributed by atoms with E-state index in [1.807, 2.05) is 25.1 Å². The number of hydrogen-bond donors (Lipinski definition) is 2. The lowest BCUT2D eigenvalue weighted by Gasteiger charge is -2.26. The van der Waals surface area contributed by atoms with Crippen molar-refractivity contribution in [1.29, 1.82) is 0 Å². The summed E-state index contributed by atoms with van der Waals surface area (Å²) in [6.07, 6.45) is 0.713. The van der Waals surface area contributed by atoms with Gasteiger partial charge >= 0.3 is 0 Å². The Hall–Kier alpha value is -2.68. The number of sulfonamides is 1. The molecule has 2 aromatic carbocycles. The maximum Gasteiger partial charge on any atom is 0.251 e. The standard InChI is InChI=1S/C22H25N3O4S/c1-16-19(20-4-2-3-5-21(20)24-16)10-11-23-22(26)17-6-8-18(9-7-17)30(27,28)25-12-14-29-15-13-25/h2-9,24H,10-15H2,1H3,(H,23,26). The highest BCUT2D eigenvalue weighted by Gasteiger charge is 2.26. The summed E-state index contributed by atoms with van der Waals surface area (Å²) in [6, 6.07) is 14.2. The Morgan fingerprint density at radius 3 is 2.53 bits per heavy atom. The average molecular weight is 428 g/mol. The number of aromatic nitrogens is 1. The third-order valence-electron chi connectivity index (χ3n) is 5.41. The third kappa shape index (κ3) is 4.12. The number of fused-ring (bicyclic) bond motifs is 1. The maximum absolute atomic E-state index is 12.7. The number of ether oxygens (including phenoxy) is 1. The summed E-state index contributed by atoms with van der Waals surface area (Å²) in [5, 5.41) is 4.09. The van der Waals surface area contributed by atoms with Gasteiger partial charge in [0.1, 0.15) is 0 Å². The van der Waals surface area contributed by atoms with E-state index >= 15 is 0 Å². The highest BCUT2D eigenvalue weighted by Crippen LogP contribution is 2.22. The van der Waals surface area contributed by atoms with Crippen LogP contribution in [-0.2, 0) is 21.2 Å². The Bertz CT molecular complexity index is 1150. The minimum atomic E-state index is -3.56. The fourth-order valence-electron chi connectivity index (χ4n) is 3.77. The molecule has 0 bridgehead atoms. The molecule has 1 aliphatic heterocycles. The quantitative estimate of drug-likeness (QED) is 0.632. The number of nitrogens with one attached hydrogen (secondary N) is 2. The van der Waals surface area contributed by atoms with Crippen molar-refractivity contribution in [2.24, 2.45) is 0 Å². The lowest BCUT2D eigenvalue weighted by molar-refractivity contribution is 0.0730. The molecule has 1 saturated heterocycles. The van der Waals surface area contributed by atoms with Crippen LogP contribution in [0, 0.1) is 6.92 Å². The zero-order chi connectivity index (χ0) is 21.1. The molecule has 0 aliphatic carbocycles. The fraction of sp³-hybridized carbons (Fsp3) is 0.318. The number of amides is 1. The molecule has 30 heavy (non-hydrogen) atoms. The topological polar surface area (TPSA) is 91.5 Å². The molecule has 7 nitrogen and oxygen atoms in total. The largest absolute Gasteiger partial charge is 0.379 e. The van der Waals surface area contributed by atoms with Crippen LogP contribution in [0.25, 0.3) is 10.9 Å². The normalized spacial score (nSPS) is 15.4. The van der Waals surface area contributed by atoms with Gasteiger partial charge in [-0.15, -0.1) is 0 Å². The Morgan fingerprint density at radius 2 is 1.80 bits per heavy atom. The molecule has 1 aliphatic rings. The Balaban J connectivity index is 1.38. The van der Waals surface area contributed by atoms with Crippen molar-refractivity contribution in [3.8, 4) is 0 Å². The summed E-state index contributed by atoms with van der Waals surface area (Å²) < 4.78 is 32.0. The second-order valence-corrected chi connectivity index (χ2v) is 9.26. The van der Waals surface area contributed by atoms with Crippen LogP contribution in [0.3, 0.4) is 0 Å². The van der Waals surface area contributed by atoms with E-state index in [0.717, 1.165) is 11.2 Å². The number of H-pyrrole nitrogens is 1. The smallest absolute Gasteiger partial charge is 0.251 e. The first-order chi connectivity index (χ1) is 14.5. The van der Waals surface area contributed by atoms with Crippen LogP contribution < -0.4 is 5.32 Å². The van der Waals surface area contributed by atoms with Gasteiger partial charge in [0.15, 0.2) is 0 Å². The highest BCUT2D eigenvalue weighted by atomic mass is 32.2. The number of rotatable bonds is 6. The van der Waals surface area contributed by atoms with Crippen LogP contribution in [0.15, 0.2) is 53.4 Å². The second-order valence-electron chi connectivity index (χ2n) is 7.32. The Kier molecular flexibility index (Phi) is 5.90. The van der Waals surface area contributed by atoms with Gasteiger partial charge in [-0.05, 0) is 49.2 Å². The first-order valence-electron chi connectivity index (χ1n) is 9.99. The molecule has 0 saturated carbocycles. The number of aromatic amines is 1. The van der Waals surface area contributed by atoms with Crippen molar-refractivity contribution in [2.75, 3.05) is 32.8 Å². The summed E-state index contributed by atoms with van der Waals surface area (Å²) in [7, 11) is -3.56. The van der Waals surface area contributed by atoms with Crippen LogP contribution in [-0.4, -0.2) is 56.5 Å². The summed E-state index contributed by atoms with van der Waals surface area (Å²) >= 11 is 0. The summed E-state index contributed by atoms with van der Waals surface area (Å²) in [5.41, 5.74) is 3.82. The van der Waals surface area contributed by atoms with Crippen molar-refractivity contribution in [3.05, 3.63) is 65.4 Å². The molecule has 158 valence electrons. The summed E-state index contributed by atoms with van der Waals surface area (Å²) in [6.45, 7) is 4.01. The van der Waals surface area contributed by atoms with E-state index in [0.29, 0.717) is 44.8 Å². The molecule has 2 N–H and O–H groups in total. The van der Waals surface area contributed by atoms with Gasteiger partial charge in [0.25, 0.3) is 5.91 Å². The average Bonchev–Trinajstić information content (AvgIpc) is 3.09. The van der Waals surface area contributed by atoms with E-state index in [1.54, 1.807) is 12.1 Å². The summed E-state index contributed by atoms with van der Waals surface area (Å²) in [4.78, 5) is 16.0. The molecular weight excluding hydrogens is 402 g/mol. The number of aryl methyl sites for hydroxylation is 1. The molecule has 1 fully saturated rings. The monoisotopic (exact) mass is 427 g/mol. The maximum atomic E-state index is 12.7. The minimum Gasteiger partial charge on any atom is -0.379 e.